The van der Waals surface area contributed by atoms with Crippen molar-refractivity contribution in [3.05, 3.63) is 18.7 Å². The Morgan fingerprint density at radius 1 is 1.50 bits per heavy atom. The molecule has 1 N–H and O–H groups in total. The molecule has 1 aromatic rings. The fourth-order valence-corrected chi connectivity index (χ4v) is 1.19. The summed E-state index contributed by atoms with van der Waals surface area (Å²) < 4.78 is 1.98. The molecule has 0 aliphatic heterocycles. The van der Waals surface area contributed by atoms with Crippen LogP contribution in [0, 0.1) is 0 Å². The van der Waals surface area contributed by atoms with Crippen LogP contribution in [0.5, 0.6) is 0 Å². The van der Waals surface area contributed by atoms with Gasteiger partial charge in [-0.2, -0.15) is 0 Å². The van der Waals surface area contributed by atoms with E-state index in [0.29, 0.717) is 0 Å². The van der Waals surface area contributed by atoms with Gasteiger partial charge >= 0.3 is 0 Å². The lowest BCUT2D eigenvalue weighted by Crippen LogP contribution is -2.09. The Kier molecular flexibility index (Phi) is 3.80. The number of hydrogen-bond acceptors (Lipinski definition) is 2. The molecular formula is C9H16N2O. The molecule has 0 saturated heterocycles. The Balaban J connectivity index is 2.17. The summed E-state index contributed by atoms with van der Waals surface area (Å²) in [5.41, 5.74) is 0. The van der Waals surface area contributed by atoms with Crippen LogP contribution in [0.25, 0.3) is 0 Å². The van der Waals surface area contributed by atoms with E-state index in [9.17, 15) is 5.11 Å². The van der Waals surface area contributed by atoms with Crippen molar-refractivity contribution >= 4 is 0 Å². The highest BCUT2D eigenvalue weighted by Gasteiger charge is 2.01. The molecule has 0 radical (unpaired) electrons. The van der Waals surface area contributed by atoms with Gasteiger partial charge in [0.15, 0.2) is 0 Å². The summed E-state index contributed by atoms with van der Waals surface area (Å²) in [7, 11) is 0. The maximum absolute atomic E-state index is 9.41. The van der Waals surface area contributed by atoms with Crippen molar-refractivity contribution in [3.8, 4) is 0 Å². The minimum absolute atomic E-state index is 0.155. The number of nitrogens with zero attached hydrogens (tertiary/aromatic N) is 2. The van der Waals surface area contributed by atoms with E-state index in [1.165, 1.54) is 0 Å². The lowest BCUT2D eigenvalue weighted by Gasteiger charge is -2.08. The third-order valence-corrected chi connectivity index (χ3v) is 1.90. The molecule has 0 amide bonds. The summed E-state index contributed by atoms with van der Waals surface area (Å²) >= 11 is 0. The van der Waals surface area contributed by atoms with Gasteiger partial charge in [0.05, 0.1) is 12.4 Å². The van der Waals surface area contributed by atoms with Crippen LogP contribution in [-0.4, -0.2) is 20.8 Å². The van der Waals surface area contributed by atoms with Gasteiger partial charge in [0.25, 0.3) is 0 Å². The van der Waals surface area contributed by atoms with Gasteiger partial charge in [0, 0.05) is 18.9 Å². The molecule has 1 rings (SSSR count). The first-order valence-electron chi connectivity index (χ1n) is 4.46. The van der Waals surface area contributed by atoms with Gasteiger partial charge in [0.2, 0.25) is 0 Å². The largest absolute Gasteiger partial charge is 0.393 e. The van der Waals surface area contributed by atoms with Gasteiger partial charge < -0.3 is 9.67 Å². The summed E-state index contributed by atoms with van der Waals surface area (Å²) in [5, 5.41) is 9.41. The summed E-state index contributed by atoms with van der Waals surface area (Å²) in [6.45, 7) is 2.95. The molecule has 0 aliphatic carbocycles. The summed E-state index contributed by atoms with van der Waals surface area (Å²) in [4.78, 5) is 3.93. The molecule has 0 saturated carbocycles. The van der Waals surface area contributed by atoms with E-state index in [2.05, 4.69) is 11.9 Å². The van der Waals surface area contributed by atoms with E-state index in [-0.39, 0.29) is 6.10 Å². The second-order valence-electron chi connectivity index (χ2n) is 3.03. The zero-order chi connectivity index (χ0) is 8.81. The maximum atomic E-state index is 9.41. The van der Waals surface area contributed by atoms with E-state index < -0.39 is 0 Å². The van der Waals surface area contributed by atoms with E-state index in [4.69, 9.17) is 0 Å². The van der Waals surface area contributed by atoms with Crippen molar-refractivity contribution in [2.45, 2.75) is 38.8 Å². The monoisotopic (exact) mass is 168 g/mol. The van der Waals surface area contributed by atoms with E-state index in [1.807, 2.05) is 10.8 Å². The Labute approximate surface area is 73.1 Å². The summed E-state index contributed by atoms with van der Waals surface area (Å²) in [6.07, 6.45) is 8.06. The molecule has 3 heteroatoms. The van der Waals surface area contributed by atoms with Gasteiger partial charge in [-0.15, -0.1) is 0 Å². The van der Waals surface area contributed by atoms with Gasteiger partial charge in [0.1, 0.15) is 0 Å². The highest BCUT2D eigenvalue weighted by Crippen LogP contribution is 2.02. The number of rotatable bonds is 5. The molecule has 1 unspecified atom stereocenters. The van der Waals surface area contributed by atoms with Crippen molar-refractivity contribution < 1.29 is 5.11 Å². The molecule has 0 bridgehead atoms. The third kappa shape index (κ3) is 3.05. The van der Waals surface area contributed by atoms with Crippen LogP contribution < -0.4 is 0 Å². The summed E-state index contributed by atoms with van der Waals surface area (Å²) in [6, 6.07) is 0. The Bertz CT molecular complexity index is 196. The van der Waals surface area contributed by atoms with Crippen molar-refractivity contribution in [3.63, 3.8) is 0 Å². The number of aryl methyl sites for hydroxylation is 1. The lowest BCUT2D eigenvalue weighted by molar-refractivity contribution is 0.148. The minimum Gasteiger partial charge on any atom is -0.393 e. The van der Waals surface area contributed by atoms with Crippen molar-refractivity contribution in [2.75, 3.05) is 0 Å². The number of aliphatic hydroxyl groups excluding tert-OH is 1. The fraction of sp³-hybridized carbons (Fsp3) is 0.667. The topological polar surface area (TPSA) is 38.0 Å². The quantitative estimate of drug-likeness (QED) is 0.722. The van der Waals surface area contributed by atoms with Crippen molar-refractivity contribution in [1.29, 1.82) is 0 Å². The first-order chi connectivity index (χ1) is 5.83. The Morgan fingerprint density at radius 3 is 2.92 bits per heavy atom. The molecular weight excluding hydrogens is 152 g/mol. The average molecular weight is 168 g/mol. The van der Waals surface area contributed by atoms with Crippen LogP contribution >= 0.6 is 0 Å². The van der Waals surface area contributed by atoms with E-state index in [1.54, 1.807) is 12.5 Å². The Hall–Kier alpha value is -0.830. The van der Waals surface area contributed by atoms with Crippen LogP contribution in [0.2, 0.25) is 0 Å². The molecule has 1 aromatic heterocycles. The predicted octanol–water partition coefficient (Wildman–Crippen LogP) is 1.43. The highest BCUT2D eigenvalue weighted by atomic mass is 16.3. The molecule has 0 fully saturated rings. The first-order valence-corrected chi connectivity index (χ1v) is 4.46. The van der Waals surface area contributed by atoms with E-state index in [0.717, 1.165) is 25.8 Å². The zero-order valence-corrected chi connectivity index (χ0v) is 7.48. The van der Waals surface area contributed by atoms with Gasteiger partial charge in [-0.3, -0.25) is 0 Å². The highest BCUT2D eigenvalue weighted by molar-refractivity contribution is 4.74. The Morgan fingerprint density at radius 2 is 2.33 bits per heavy atom. The molecule has 1 heterocycles. The number of hydrogen-bond donors (Lipinski definition) is 1. The number of aliphatic hydroxyl groups is 1. The van der Waals surface area contributed by atoms with Gasteiger partial charge in [-0.1, -0.05) is 13.3 Å². The van der Waals surface area contributed by atoms with Crippen LogP contribution in [0.3, 0.4) is 0 Å². The smallest absolute Gasteiger partial charge is 0.0945 e. The average Bonchev–Trinajstić information content (AvgIpc) is 2.53. The van der Waals surface area contributed by atoms with Crippen molar-refractivity contribution in [2.24, 2.45) is 0 Å². The summed E-state index contributed by atoms with van der Waals surface area (Å²) in [5.74, 6) is 0. The van der Waals surface area contributed by atoms with E-state index >= 15 is 0 Å². The third-order valence-electron chi connectivity index (χ3n) is 1.90. The van der Waals surface area contributed by atoms with Crippen molar-refractivity contribution in [1.82, 2.24) is 9.55 Å². The van der Waals surface area contributed by atoms with Crippen LogP contribution in [0.4, 0.5) is 0 Å². The normalized spacial score (nSPS) is 13.2. The van der Waals surface area contributed by atoms with Crippen LogP contribution in [-0.2, 0) is 6.54 Å². The van der Waals surface area contributed by atoms with Crippen LogP contribution in [0.1, 0.15) is 26.2 Å². The second-order valence-corrected chi connectivity index (χ2v) is 3.03. The predicted molar refractivity (Wildman–Crippen MR) is 47.8 cm³/mol. The molecule has 0 aromatic carbocycles. The molecule has 1 atom stereocenters. The maximum Gasteiger partial charge on any atom is 0.0945 e. The van der Waals surface area contributed by atoms with Crippen LogP contribution in [0.15, 0.2) is 18.7 Å². The van der Waals surface area contributed by atoms with Gasteiger partial charge in [-0.25, -0.2) is 4.98 Å². The SMILES string of the molecule is CCCC(O)CCn1ccnc1. The lowest BCUT2D eigenvalue weighted by atomic mass is 10.1. The minimum atomic E-state index is -0.155. The molecule has 12 heavy (non-hydrogen) atoms. The standard InChI is InChI=1S/C9H16N2O/c1-2-3-9(12)4-6-11-7-5-10-8-11/h5,7-9,12H,2-4,6H2,1H3. The fourth-order valence-electron chi connectivity index (χ4n) is 1.19. The molecule has 0 aliphatic rings. The molecule has 0 spiro atoms. The number of imidazole rings is 1. The molecule has 68 valence electrons. The zero-order valence-electron chi connectivity index (χ0n) is 7.48. The molecule has 3 nitrogen and oxygen atoms in total. The first kappa shape index (κ1) is 9.26. The van der Waals surface area contributed by atoms with Gasteiger partial charge in [-0.05, 0) is 12.8 Å². The number of aromatic nitrogens is 2. The second kappa shape index (κ2) is 4.93.